The highest BCUT2D eigenvalue weighted by atomic mass is 35.5. The Kier molecular flexibility index (Phi) is 7.01. The fourth-order valence-corrected chi connectivity index (χ4v) is 1.31. The van der Waals surface area contributed by atoms with Gasteiger partial charge in [-0.3, -0.25) is 0 Å². The molecule has 0 heterocycles. The molecule has 0 radical (unpaired) electrons. The van der Waals surface area contributed by atoms with E-state index >= 15 is 0 Å². The lowest BCUT2D eigenvalue weighted by atomic mass is 10.1. The highest BCUT2D eigenvalue weighted by Gasteiger charge is 2.10. The second kappa shape index (κ2) is 8.26. The van der Waals surface area contributed by atoms with E-state index in [0.29, 0.717) is 11.1 Å². The molecule has 0 aliphatic carbocycles. The fourth-order valence-electron chi connectivity index (χ4n) is 1.12. The van der Waals surface area contributed by atoms with Crippen molar-refractivity contribution in [2.24, 2.45) is 0 Å². The molecule has 20 heavy (non-hydrogen) atoms. The van der Waals surface area contributed by atoms with Gasteiger partial charge >= 0.3 is 12.2 Å². The number of nitrogens with zero attached hydrogens (tertiary/aromatic N) is 2. The average Bonchev–Trinajstić information content (AvgIpc) is 2.42. The monoisotopic (exact) mass is 360 g/mol. The van der Waals surface area contributed by atoms with Gasteiger partial charge in [0.1, 0.15) is 13.2 Å². The predicted octanol–water partition coefficient (Wildman–Crippen LogP) is 4.18. The molecule has 1 aromatic rings. The number of carbonyl (C=O) groups is 2. The first-order valence-corrected chi connectivity index (χ1v) is 6.40. The Morgan fingerprint density at radius 1 is 0.800 bits per heavy atom. The zero-order valence-electron chi connectivity index (χ0n) is 9.76. The van der Waals surface area contributed by atoms with Crippen LogP contribution in [0.1, 0.15) is 11.1 Å². The summed E-state index contributed by atoms with van der Waals surface area (Å²) < 4.78 is 10.1. The maximum absolute atomic E-state index is 11.0. The number of amides is 2. The maximum atomic E-state index is 11.0. The molecule has 6 nitrogen and oxygen atoms in total. The Hall–Kier alpha value is -1.08. The summed E-state index contributed by atoms with van der Waals surface area (Å²) in [6.45, 7) is 0.0119. The maximum Gasteiger partial charge on any atom is 0.440 e. The number of rotatable bonds is 4. The smallest absolute Gasteiger partial charge is 0.440 e. The van der Waals surface area contributed by atoms with E-state index in [2.05, 4.69) is 0 Å². The van der Waals surface area contributed by atoms with Gasteiger partial charge in [-0.05, 0) is 11.1 Å². The highest BCUT2D eigenvalue weighted by molar-refractivity contribution is 6.41. The van der Waals surface area contributed by atoms with Gasteiger partial charge in [0.15, 0.2) is 0 Å². The molecule has 0 aromatic heterocycles. The molecule has 110 valence electrons. The molecule has 1 rings (SSSR count). The van der Waals surface area contributed by atoms with Crippen molar-refractivity contribution >= 4 is 59.3 Å². The summed E-state index contributed by atoms with van der Waals surface area (Å²) in [5.74, 6) is 0. The quantitative estimate of drug-likeness (QED) is 0.755. The van der Waals surface area contributed by atoms with E-state index in [1.165, 1.54) is 0 Å². The SMILES string of the molecule is O=C(OCc1ccc(COC(=O)N(Cl)Cl)cc1)N(Cl)Cl. The van der Waals surface area contributed by atoms with E-state index in [0.717, 1.165) is 0 Å². The second-order valence-corrected chi connectivity index (χ2v) is 5.09. The standard InChI is InChI=1S/C10H8Cl4N2O4/c11-15(12)9(17)19-5-7-1-2-8(4-3-7)6-20-10(18)16(13)14/h1-4H,5-6H2. The van der Waals surface area contributed by atoms with Crippen molar-refractivity contribution in [3.8, 4) is 0 Å². The first-order valence-electron chi connectivity index (χ1n) is 5.05. The van der Waals surface area contributed by atoms with Crippen molar-refractivity contribution in [2.45, 2.75) is 13.2 Å². The summed E-state index contributed by atoms with van der Waals surface area (Å²) >= 11 is 20.7. The number of ether oxygens (including phenoxy) is 2. The van der Waals surface area contributed by atoms with Crippen LogP contribution in [0.25, 0.3) is 0 Å². The number of halogens is 4. The Morgan fingerprint density at radius 2 is 1.10 bits per heavy atom. The third-order valence-corrected chi connectivity index (χ3v) is 2.58. The summed E-state index contributed by atoms with van der Waals surface area (Å²) in [4.78, 5) is 22.0. The molecule has 0 saturated carbocycles. The number of carbonyl (C=O) groups excluding carboxylic acids is 2. The first-order chi connectivity index (χ1) is 9.40. The van der Waals surface area contributed by atoms with E-state index in [-0.39, 0.29) is 21.1 Å². The Morgan fingerprint density at radius 3 is 1.35 bits per heavy atom. The van der Waals surface area contributed by atoms with E-state index in [9.17, 15) is 9.59 Å². The van der Waals surface area contributed by atoms with Crippen LogP contribution in [0, 0.1) is 0 Å². The molecule has 0 N–H and O–H groups in total. The van der Waals surface area contributed by atoms with Crippen LogP contribution in [-0.2, 0) is 22.7 Å². The van der Waals surface area contributed by atoms with Crippen LogP contribution in [0.5, 0.6) is 0 Å². The van der Waals surface area contributed by atoms with Crippen molar-refractivity contribution in [1.29, 1.82) is 0 Å². The number of hydrogen-bond acceptors (Lipinski definition) is 4. The summed E-state index contributed by atoms with van der Waals surface area (Å²) in [6, 6.07) is 6.73. The van der Waals surface area contributed by atoms with Crippen LogP contribution in [0.4, 0.5) is 9.59 Å². The largest absolute Gasteiger partial charge is 0.443 e. The van der Waals surface area contributed by atoms with Crippen LogP contribution < -0.4 is 0 Å². The number of benzene rings is 1. The molecule has 1 aromatic carbocycles. The minimum absolute atomic E-state index is 0.00593. The van der Waals surface area contributed by atoms with Crippen LogP contribution in [0.3, 0.4) is 0 Å². The van der Waals surface area contributed by atoms with E-state index in [4.69, 9.17) is 56.6 Å². The zero-order valence-corrected chi connectivity index (χ0v) is 12.8. The van der Waals surface area contributed by atoms with E-state index < -0.39 is 12.2 Å². The van der Waals surface area contributed by atoms with Gasteiger partial charge in [-0.2, -0.15) is 0 Å². The van der Waals surface area contributed by atoms with Gasteiger partial charge < -0.3 is 9.47 Å². The lowest BCUT2D eigenvalue weighted by Crippen LogP contribution is -2.13. The molecule has 10 heteroatoms. The van der Waals surface area contributed by atoms with Crippen molar-refractivity contribution < 1.29 is 19.1 Å². The van der Waals surface area contributed by atoms with Gasteiger partial charge in [0.2, 0.25) is 0 Å². The molecular formula is C10H8Cl4N2O4. The zero-order chi connectivity index (χ0) is 15.1. The van der Waals surface area contributed by atoms with Crippen molar-refractivity contribution in [3.05, 3.63) is 35.4 Å². The molecule has 0 aliphatic heterocycles. The molecule has 0 aliphatic rings. The molecule has 0 atom stereocenters. The highest BCUT2D eigenvalue weighted by Crippen LogP contribution is 2.11. The fraction of sp³-hybridized carbons (Fsp3) is 0.200. The van der Waals surface area contributed by atoms with Crippen LogP contribution in [0.15, 0.2) is 24.3 Å². The van der Waals surface area contributed by atoms with E-state index in [1.54, 1.807) is 24.3 Å². The van der Waals surface area contributed by atoms with Gasteiger partial charge in [0, 0.05) is 47.1 Å². The summed E-state index contributed by atoms with van der Waals surface area (Å²) in [5.41, 5.74) is 1.42. The van der Waals surface area contributed by atoms with Gasteiger partial charge in [-0.1, -0.05) is 24.3 Å². The van der Waals surface area contributed by atoms with Crippen LogP contribution in [-0.4, -0.2) is 20.1 Å². The Balaban J connectivity index is 2.44. The lowest BCUT2D eigenvalue weighted by Gasteiger charge is -2.08. The summed E-state index contributed by atoms with van der Waals surface area (Å²) in [5, 5.41) is 0. The minimum Gasteiger partial charge on any atom is -0.443 e. The normalized spacial score (nSPS) is 9.80. The van der Waals surface area contributed by atoms with Gasteiger partial charge in [0.25, 0.3) is 0 Å². The van der Waals surface area contributed by atoms with Crippen molar-refractivity contribution in [2.75, 3.05) is 0 Å². The summed E-state index contributed by atoms with van der Waals surface area (Å²) in [7, 11) is 0. The van der Waals surface area contributed by atoms with Crippen LogP contribution in [0.2, 0.25) is 0 Å². The molecule has 0 unspecified atom stereocenters. The van der Waals surface area contributed by atoms with Gasteiger partial charge in [-0.15, -0.1) is 7.88 Å². The summed E-state index contributed by atoms with van der Waals surface area (Å²) in [6.07, 6.45) is -1.76. The molecule has 0 spiro atoms. The molecule has 0 fully saturated rings. The van der Waals surface area contributed by atoms with Crippen molar-refractivity contribution in [3.63, 3.8) is 0 Å². The minimum atomic E-state index is -0.879. The predicted molar refractivity (Wildman–Crippen MR) is 73.9 cm³/mol. The molecule has 2 amide bonds. The Labute approximate surface area is 135 Å². The van der Waals surface area contributed by atoms with Gasteiger partial charge in [-0.25, -0.2) is 9.59 Å². The topological polar surface area (TPSA) is 59.1 Å². The average molecular weight is 362 g/mol. The Bertz CT molecular complexity index is 424. The second-order valence-electron chi connectivity index (χ2n) is 3.39. The molecular weight excluding hydrogens is 354 g/mol. The first kappa shape index (κ1) is 17.0. The third-order valence-electron chi connectivity index (χ3n) is 2.02. The number of hydrogen-bond donors (Lipinski definition) is 0. The van der Waals surface area contributed by atoms with Crippen LogP contribution >= 0.6 is 47.1 Å². The van der Waals surface area contributed by atoms with Crippen molar-refractivity contribution in [1.82, 2.24) is 7.88 Å². The third kappa shape index (κ3) is 5.92. The van der Waals surface area contributed by atoms with E-state index in [1.807, 2.05) is 0 Å². The molecule has 0 bridgehead atoms. The lowest BCUT2D eigenvalue weighted by molar-refractivity contribution is 0.131. The molecule has 0 saturated heterocycles. The van der Waals surface area contributed by atoms with Gasteiger partial charge in [0.05, 0.1) is 0 Å².